The van der Waals surface area contributed by atoms with Crippen LogP contribution >= 0.6 is 22.9 Å². The zero-order valence-corrected chi connectivity index (χ0v) is 44.9. The summed E-state index contributed by atoms with van der Waals surface area (Å²) in [5, 5.41) is 22.9. The maximum Gasteiger partial charge on any atom is 0.271 e. The summed E-state index contributed by atoms with van der Waals surface area (Å²) in [7, 11) is 5.03. The number of aryl methyl sites for hydroxylation is 3. The van der Waals surface area contributed by atoms with Crippen LogP contribution in [0.4, 0.5) is 0 Å². The van der Waals surface area contributed by atoms with Gasteiger partial charge in [-0.05, 0) is 83.3 Å². The Morgan fingerprint density at radius 2 is 1.54 bits per heavy atom. The molecule has 2 unspecified atom stereocenters. The van der Waals surface area contributed by atoms with E-state index in [4.69, 9.17) is 30.8 Å². The van der Waals surface area contributed by atoms with Crippen LogP contribution in [0.3, 0.4) is 0 Å². The molecule has 2 aromatic carbocycles. The van der Waals surface area contributed by atoms with Gasteiger partial charge in [0, 0.05) is 78.8 Å². The Morgan fingerprint density at radius 3 is 2.22 bits per heavy atom. The van der Waals surface area contributed by atoms with Gasteiger partial charge in [-0.15, -0.1) is 21.5 Å². The van der Waals surface area contributed by atoms with E-state index >= 15 is 0 Å². The molecule has 1 aliphatic carbocycles. The van der Waals surface area contributed by atoms with Crippen molar-refractivity contribution in [2.24, 2.45) is 18.0 Å². The molecule has 19 nitrogen and oxygen atoms in total. The number of piperazine rings is 1. The van der Waals surface area contributed by atoms with Gasteiger partial charge in [-0.1, -0.05) is 43.0 Å². The molecule has 0 radical (unpaired) electrons. The predicted octanol–water partition coefficient (Wildman–Crippen LogP) is 5.23. The van der Waals surface area contributed by atoms with Crippen LogP contribution in [0, 0.1) is 26.7 Å². The first-order chi connectivity index (χ1) is 35.7. The highest BCUT2D eigenvalue weighted by Crippen LogP contribution is 2.40. The molecular weight excluding hydrogens is 986 g/mol. The number of likely N-dealkylation sites (N-methyl/N-ethyl adjacent to an activating group) is 1. The summed E-state index contributed by atoms with van der Waals surface area (Å²) in [6.45, 7) is 10.4. The summed E-state index contributed by atoms with van der Waals surface area (Å²) in [5.74, 6) is 0.652. The number of aliphatic imine (C=N–C) groups is 1. The second kappa shape index (κ2) is 24.4. The molecule has 5 heterocycles. The van der Waals surface area contributed by atoms with Crippen molar-refractivity contribution in [1.82, 2.24) is 50.4 Å². The van der Waals surface area contributed by atoms with E-state index in [9.17, 15) is 24.0 Å². The molecule has 3 aliphatic rings. The van der Waals surface area contributed by atoms with Crippen molar-refractivity contribution in [2.75, 3.05) is 79.9 Å². The van der Waals surface area contributed by atoms with Gasteiger partial charge in [-0.2, -0.15) is 0 Å². The maximum absolute atomic E-state index is 14.5. The lowest BCUT2D eigenvalue weighted by molar-refractivity contribution is -0.140. The molecule has 3 aromatic heterocycles. The van der Waals surface area contributed by atoms with E-state index in [0.717, 1.165) is 64.4 Å². The molecular formula is C53H68ClN11O8S. The van der Waals surface area contributed by atoms with Crippen LogP contribution in [-0.2, 0) is 30.9 Å². The molecule has 2 aliphatic heterocycles. The van der Waals surface area contributed by atoms with E-state index < -0.39 is 24.0 Å². The van der Waals surface area contributed by atoms with Crippen LogP contribution < -0.4 is 26.0 Å². The van der Waals surface area contributed by atoms with Crippen molar-refractivity contribution in [3.8, 4) is 10.8 Å². The Morgan fingerprint density at radius 1 is 0.865 bits per heavy atom. The Kier molecular flexibility index (Phi) is 17.9. The molecule has 5 amide bonds. The molecule has 5 aromatic rings. The number of amides is 5. The molecule has 3 atom stereocenters. The summed E-state index contributed by atoms with van der Waals surface area (Å²) in [4.78, 5) is 78.7. The van der Waals surface area contributed by atoms with Crippen molar-refractivity contribution in [2.45, 2.75) is 84.3 Å². The number of fused-ring (bicyclic) bond motifs is 4. The monoisotopic (exact) mass is 1050 g/mol. The van der Waals surface area contributed by atoms with Gasteiger partial charge in [0.05, 0.1) is 62.8 Å². The number of aromatic nitrogens is 4. The second-order valence-electron chi connectivity index (χ2n) is 19.1. The topological polar surface area (TPSA) is 216 Å². The molecule has 8 rings (SSSR count). The fourth-order valence-corrected chi connectivity index (χ4v) is 11.4. The van der Waals surface area contributed by atoms with E-state index in [-0.39, 0.29) is 99.8 Å². The van der Waals surface area contributed by atoms with E-state index in [2.05, 4.69) is 45.3 Å². The summed E-state index contributed by atoms with van der Waals surface area (Å²) in [6, 6.07) is 11.2. The lowest BCUT2D eigenvalue weighted by Gasteiger charge is -2.39. The van der Waals surface area contributed by atoms with Crippen molar-refractivity contribution >= 4 is 69.1 Å². The number of hydrogen-bond acceptors (Lipinski definition) is 13. The largest absolute Gasteiger partial charge is 0.497 e. The Balaban J connectivity index is 0.812. The number of ether oxygens (including phenoxy) is 3. The van der Waals surface area contributed by atoms with Gasteiger partial charge in [0.2, 0.25) is 17.7 Å². The van der Waals surface area contributed by atoms with Crippen LogP contribution in [0.1, 0.15) is 106 Å². The number of halogens is 1. The average Bonchev–Trinajstić information content (AvgIpc) is 4.02. The van der Waals surface area contributed by atoms with Gasteiger partial charge in [0.1, 0.15) is 34.4 Å². The normalized spacial score (nSPS) is 16.7. The Bertz CT molecular complexity index is 2880. The Hall–Kier alpha value is -6.19. The third-order valence-electron chi connectivity index (χ3n) is 14.4. The number of nitrogens with zero attached hydrogens (tertiary/aromatic N) is 7. The van der Waals surface area contributed by atoms with Crippen LogP contribution in [0.2, 0.25) is 5.02 Å². The minimum absolute atomic E-state index is 0.0553. The second-order valence-corrected chi connectivity index (χ2v) is 20.8. The van der Waals surface area contributed by atoms with Gasteiger partial charge in [-0.25, -0.2) is 0 Å². The number of nitrogens with one attached hydrogen (secondary N) is 4. The first-order valence-electron chi connectivity index (χ1n) is 25.5. The lowest BCUT2D eigenvalue weighted by atomic mass is 9.83. The first kappa shape index (κ1) is 54.1. The van der Waals surface area contributed by atoms with E-state index in [0.29, 0.717) is 46.4 Å². The van der Waals surface area contributed by atoms with Crippen molar-refractivity contribution in [3.05, 3.63) is 92.0 Å². The number of carbonyl (C=O) groups excluding carboxylic acids is 5. The third-order valence-corrected chi connectivity index (χ3v) is 15.9. The first-order valence-corrected chi connectivity index (χ1v) is 26.7. The number of benzene rings is 2. The standard InChI is InChI=1S/C53H68ClN11O8S/c1-31-33(3)74-53-43(31)45(36-13-15-37(54)16-14-36)58-40(48-61-60-34(4)65(48)53)30-42(66)56-19-25-72-27-28-73-26-20-57-50(68)44-39-18-17-38(71-7)29-41(39)62(6)47(44)52(70)64-23-21-63(22-24-64)51(69)46(35-11-9-8-10-12-35)59-49(67)32(2)55-5/h13-18,29,32,35,40,46,55H,8-12,19-28,30H2,1-7H3,(H,56,66)(H,57,68)(H,59,67)/t32?,40-,46?/m0/s1. The van der Waals surface area contributed by atoms with Crippen molar-refractivity contribution in [3.63, 3.8) is 0 Å². The van der Waals surface area contributed by atoms with Gasteiger partial charge in [0.25, 0.3) is 11.8 Å². The van der Waals surface area contributed by atoms with Crippen molar-refractivity contribution in [1.29, 1.82) is 0 Å². The summed E-state index contributed by atoms with van der Waals surface area (Å²) >= 11 is 7.90. The zero-order chi connectivity index (χ0) is 52.6. The van der Waals surface area contributed by atoms with Crippen LogP contribution in [-0.4, -0.2) is 156 Å². The van der Waals surface area contributed by atoms with Gasteiger partial charge in [-0.3, -0.25) is 33.5 Å². The maximum atomic E-state index is 14.5. The molecule has 0 spiro atoms. The van der Waals surface area contributed by atoms with E-state index in [1.165, 1.54) is 0 Å². The van der Waals surface area contributed by atoms with Gasteiger partial charge < -0.3 is 49.8 Å². The quantitative estimate of drug-likeness (QED) is 0.0741. The number of carbonyl (C=O) groups is 5. The molecule has 396 valence electrons. The van der Waals surface area contributed by atoms with E-state index in [1.54, 1.807) is 72.0 Å². The highest BCUT2D eigenvalue weighted by molar-refractivity contribution is 7.15. The highest BCUT2D eigenvalue weighted by Gasteiger charge is 2.38. The van der Waals surface area contributed by atoms with Gasteiger partial charge >= 0.3 is 0 Å². The Labute approximate surface area is 440 Å². The van der Waals surface area contributed by atoms with E-state index in [1.807, 2.05) is 35.8 Å². The highest BCUT2D eigenvalue weighted by atomic mass is 35.5. The summed E-state index contributed by atoms with van der Waals surface area (Å²) < 4.78 is 20.8. The molecule has 21 heteroatoms. The minimum Gasteiger partial charge on any atom is -0.497 e. The smallest absolute Gasteiger partial charge is 0.271 e. The fraction of sp³-hybridized carbons (Fsp3) is 0.509. The van der Waals surface area contributed by atoms with Crippen molar-refractivity contribution < 1.29 is 38.2 Å². The molecule has 0 bridgehead atoms. The molecule has 74 heavy (non-hydrogen) atoms. The number of rotatable bonds is 20. The van der Waals surface area contributed by atoms with Crippen LogP contribution in [0.5, 0.6) is 5.75 Å². The minimum atomic E-state index is -0.628. The average molecular weight is 1050 g/mol. The third kappa shape index (κ3) is 11.8. The lowest BCUT2D eigenvalue weighted by Crippen LogP contribution is -2.59. The number of hydrogen-bond donors (Lipinski definition) is 4. The van der Waals surface area contributed by atoms with Crippen LogP contribution in [0.25, 0.3) is 15.9 Å². The number of methoxy groups -OCH3 is 1. The fourth-order valence-electron chi connectivity index (χ4n) is 10.0. The zero-order valence-electron chi connectivity index (χ0n) is 43.3. The molecule has 4 N–H and O–H groups in total. The number of thiophene rings is 1. The van der Waals surface area contributed by atoms with Crippen LogP contribution in [0.15, 0.2) is 47.5 Å². The molecule has 1 saturated heterocycles. The summed E-state index contributed by atoms with van der Waals surface area (Å²) in [5.41, 5.74) is 4.90. The van der Waals surface area contributed by atoms with Gasteiger partial charge in [0.15, 0.2) is 5.82 Å². The summed E-state index contributed by atoms with van der Waals surface area (Å²) in [6.07, 6.45) is 4.96. The predicted molar refractivity (Wildman–Crippen MR) is 284 cm³/mol. The molecule has 2 fully saturated rings. The SMILES string of the molecule is CNC(C)C(=O)NC(C(=O)N1CCN(C(=O)c2c(C(=O)NCCOCCOCCNC(=O)C[C@@H]3N=C(c4ccc(Cl)cc4)c4c(sc(C)c4C)-n4c(C)nnc43)c3ccc(OC)cc3n2C)CC1)C1CCCCC1. The molecule has 1 saturated carbocycles.